The van der Waals surface area contributed by atoms with Crippen LogP contribution in [0.3, 0.4) is 0 Å². The largest absolute Gasteiger partial charge is 0.445 e. The van der Waals surface area contributed by atoms with Crippen LogP contribution >= 0.6 is 0 Å². The fraction of sp³-hybridized carbons (Fsp3) is 0.759. The van der Waals surface area contributed by atoms with Crippen molar-refractivity contribution in [3.63, 3.8) is 0 Å². The number of hydrogen-bond donors (Lipinski definition) is 0. The Balaban J connectivity index is 1.31. The molecule has 1 aromatic carbocycles. The maximum atomic E-state index is 12.9. The van der Waals surface area contributed by atoms with Crippen molar-refractivity contribution >= 4 is 6.09 Å². The van der Waals surface area contributed by atoms with Gasteiger partial charge in [-0.2, -0.15) is 0 Å². The van der Waals surface area contributed by atoms with Gasteiger partial charge in [-0.15, -0.1) is 0 Å². The summed E-state index contributed by atoms with van der Waals surface area (Å²) in [7, 11) is 0. The first kappa shape index (κ1) is 27.0. The molecule has 3 rings (SSSR count). The second kappa shape index (κ2) is 16.1. The van der Waals surface area contributed by atoms with Crippen molar-refractivity contribution in [1.29, 1.82) is 0 Å². The molecule has 1 aliphatic carbocycles. The maximum absolute atomic E-state index is 12.9. The van der Waals surface area contributed by atoms with Crippen LogP contribution in [0.4, 0.5) is 4.79 Å². The lowest BCUT2D eigenvalue weighted by Gasteiger charge is -2.36. The summed E-state index contributed by atoms with van der Waals surface area (Å²) in [6, 6.07) is 10.2. The molecule has 1 saturated carbocycles. The number of hydrogen-bond acceptors (Lipinski definition) is 4. The van der Waals surface area contributed by atoms with E-state index < -0.39 is 0 Å². The van der Waals surface area contributed by atoms with E-state index in [1.54, 1.807) is 0 Å². The van der Waals surface area contributed by atoms with Gasteiger partial charge < -0.3 is 19.3 Å². The minimum Gasteiger partial charge on any atom is -0.445 e. The molecular weight excluding hydrogens is 424 g/mol. The highest BCUT2D eigenvalue weighted by Gasteiger charge is 2.29. The van der Waals surface area contributed by atoms with Crippen molar-refractivity contribution in [1.82, 2.24) is 9.80 Å². The lowest BCUT2D eigenvalue weighted by Crippen LogP contribution is -2.44. The zero-order valence-corrected chi connectivity index (χ0v) is 21.6. The molecule has 0 radical (unpaired) electrons. The molecular formula is C29H48N2O3. The number of nitrogens with zero attached hydrogens (tertiary/aromatic N) is 2. The zero-order chi connectivity index (χ0) is 23.8. The van der Waals surface area contributed by atoms with E-state index in [2.05, 4.69) is 11.8 Å². The van der Waals surface area contributed by atoms with Gasteiger partial charge in [0.15, 0.2) is 0 Å². The fourth-order valence-corrected chi connectivity index (χ4v) is 5.33. The van der Waals surface area contributed by atoms with E-state index in [9.17, 15) is 4.79 Å². The van der Waals surface area contributed by atoms with Crippen molar-refractivity contribution in [2.75, 3.05) is 32.8 Å². The van der Waals surface area contributed by atoms with Gasteiger partial charge in [0.2, 0.25) is 0 Å². The molecule has 0 spiro atoms. The summed E-state index contributed by atoms with van der Waals surface area (Å²) in [5, 5.41) is 0. The van der Waals surface area contributed by atoms with E-state index in [1.807, 2.05) is 35.2 Å². The summed E-state index contributed by atoms with van der Waals surface area (Å²) < 4.78 is 11.9. The van der Waals surface area contributed by atoms with Gasteiger partial charge in [-0.1, -0.05) is 62.9 Å². The third kappa shape index (κ3) is 9.95. The van der Waals surface area contributed by atoms with Crippen molar-refractivity contribution in [3.8, 4) is 0 Å². The standard InChI is InChI=1S/C29H48N2O3/c1-2-3-9-23-31(29(32)34-25-26-14-7-6-8-15-26)27-16-18-28(19-17-27)33-24-13-5-4-10-20-30-21-11-12-22-30/h6-8,14-15,27-28H,2-5,9-13,16-25H2,1H3/t27-,28-. The molecule has 192 valence electrons. The van der Waals surface area contributed by atoms with Crippen LogP contribution in [0.2, 0.25) is 0 Å². The number of ether oxygens (including phenoxy) is 2. The van der Waals surface area contributed by atoms with Gasteiger partial charge in [0, 0.05) is 19.2 Å². The Hall–Kier alpha value is -1.59. The molecule has 2 aliphatic rings. The van der Waals surface area contributed by atoms with Crippen LogP contribution in [0, 0.1) is 0 Å². The van der Waals surface area contributed by atoms with Gasteiger partial charge in [0.05, 0.1) is 6.10 Å². The quantitative estimate of drug-likeness (QED) is 0.263. The summed E-state index contributed by atoms with van der Waals surface area (Å²) in [4.78, 5) is 17.6. The van der Waals surface area contributed by atoms with Crippen LogP contribution in [0.5, 0.6) is 0 Å². The maximum Gasteiger partial charge on any atom is 0.410 e. The molecule has 2 fully saturated rings. The Morgan fingerprint density at radius 3 is 2.41 bits per heavy atom. The van der Waals surface area contributed by atoms with Crippen LogP contribution in [-0.4, -0.2) is 60.8 Å². The molecule has 1 amide bonds. The van der Waals surface area contributed by atoms with Gasteiger partial charge in [-0.3, -0.25) is 0 Å². The second-order valence-corrected chi connectivity index (χ2v) is 10.2. The van der Waals surface area contributed by atoms with E-state index >= 15 is 0 Å². The fourth-order valence-electron chi connectivity index (χ4n) is 5.33. The SMILES string of the molecule is CCCCCN(C(=O)OCc1ccccc1)[C@H]1CC[C@H](OCCCCCCN2CCCC2)CC1. The lowest BCUT2D eigenvalue weighted by molar-refractivity contribution is 0.00302. The second-order valence-electron chi connectivity index (χ2n) is 10.2. The van der Waals surface area contributed by atoms with Crippen molar-refractivity contribution in [3.05, 3.63) is 35.9 Å². The zero-order valence-electron chi connectivity index (χ0n) is 21.6. The third-order valence-electron chi connectivity index (χ3n) is 7.45. The summed E-state index contributed by atoms with van der Waals surface area (Å²) >= 11 is 0. The highest BCUT2D eigenvalue weighted by atomic mass is 16.6. The number of rotatable bonds is 15. The molecule has 0 aromatic heterocycles. The normalized spacial score (nSPS) is 21.0. The molecule has 1 saturated heterocycles. The van der Waals surface area contributed by atoms with Crippen LogP contribution in [0.15, 0.2) is 30.3 Å². The van der Waals surface area contributed by atoms with E-state index in [-0.39, 0.29) is 12.1 Å². The van der Waals surface area contributed by atoms with Gasteiger partial charge in [-0.05, 0) is 83.0 Å². The highest BCUT2D eigenvalue weighted by Crippen LogP contribution is 2.26. The van der Waals surface area contributed by atoms with Crippen LogP contribution in [0.1, 0.15) is 96.0 Å². The summed E-state index contributed by atoms with van der Waals surface area (Å²) in [5.74, 6) is 0. The number of likely N-dealkylation sites (tertiary alicyclic amines) is 1. The third-order valence-corrected chi connectivity index (χ3v) is 7.45. The molecule has 5 heteroatoms. The molecule has 1 heterocycles. The molecule has 0 N–H and O–H groups in total. The van der Waals surface area contributed by atoms with E-state index in [0.29, 0.717) is 12.7 Å². The van der Waals surface area contributed by atoms with Gasteiger partial charge in [-0.25, -0.2) is 4.79 Å². The number of benzene rings is 1. The summed E-state index contributed by atoms with van der Waals surface area (Å²) in [6.07, 6.45) is 15.6. The smallest absolute Gasteiger partial charge is 0.410 e. The van der Waals surface area contributed by atoms with E-state index in [0.717, 1.165) is 63.7 Å². The average Bonchev–Trinajstić information content (AvgIpc) is 3.39. The first-order valence-corrected chi connectivity index (χ1v) is 14.1. The topological polar surface area (TPSA) is 42.0 Å². The first-order chi connectivity index (χ1) is 16.8. The molecule has 0 atom stereocenters. The molecule has 5 nitrogen and oxygen atoms in total. The summed E-state index contributed by atoms with van der Waals surface area (Å²) in [5.41, 5.74) is 1.04. The minimum absolute atomic E-state index is 0.154. The highest BCUT2D eigenvalue weighted by molar-refractivity contribution is 5.68. The number of carbonyl (C=O) groups excluding carboxylic acids is 1. The van der Waals surface area contributed by atoms with Gasteiger partial charge >= 0.3 is 6.09 Å². The molecule has 34 heavy (non-hydrogen) atoms. The first-order valence-electron chi connectivity index (χ1n) is 14.1. The Labute approximate surface area is 208 Å². The van der Waals surface area contributed by atoms with Gasteiger partial charge in [0.25, 0.3) is 0 Å². The lowest BCUT2D eigenvalue weighted by atomic mass is 9.91. The Morgan fingerprint density at radius 1 is 0.941 bits per heavy atom. The Bertz CT molecular complexity index is 655. The Kier molecular flexibility index (Phi) is 12.8. The number of amides is 1. The predicted octanol–water partition coefficient (Wildman–Crippen LogP) is 6.80. The van der Waals surface area contributed by atoms with Crippen molar-refractivity contribution < 1.29 is 14.3 Å². The summed E-state index contributed by atoms with van der Waals surface area (Å²) in [6.45, 7) is 8.15. The monoisotopic (exact) mass is 472 g/mol. The van der Waals surface area contributed by atoms with E-state index in [1.165, 1.54) is 58.2 Å². The van der Waals surface area contributed by atoms with Crippen LogP contribution < -0.4 is 0 Å². The van der Waals surface area contributed by atoms with E-state index in [4.69, 9.17) is 9.47 Å². The molecule has 1 aromatic rings. The van der Waals surface area contributed by atoms with Crippen molar-refractivity contribution in [2.24, 2.45) is 0 Å². The number of carbonyl (C=O) groups is 1. The molecule has 1 aliphatic heterocycles. The molecule has 0 unspecified atom stereocenters. The predicted molar refractivity (Wildman–Crippen MR) is 139 cm³/mol. The van der Waals surface area contributed by atoms with Gasteiger partial charge in [0.1, 0.15) is 6.61 Å². The molecule has 0 bridgehead atoms. The van der Waals surface area contributed by atoms with Crippen molar-refractivity contribution in [2.45, 2.75) is 109 Å². The minimum atomic E-state index is -0.154. The van der Waals surface area contributed by atoms with Crippen LogP contribution in [0.25, 0.3) is 0 Å². The Morgan fingerprint density at radius 2 is 1.68 bits per heavy atom. The number of unbranched alkanes of at least 4 members (excludes halogenated alkanes) is 5. The van der Waals surface area contributed by atoms with Crippen LogP contribution in [-0.2, 0) is 16.1 Å². The average molecular weight is 473 g/mol.